The van der Waals surface area contributed by atoms with Gasteiger partial charge in [0.15, 0.2) is 6.61 Å². The highest BCUT2D eigenvalue weighted by Crippen LogP contribution is 2.29. The maximum atomic E-state index is 12.6. The van der Waals surface area contributed by atoms with Gasteiger partial charge in [0.05, 0.1) is 11.7 Å². The number of aryl methyl sites for hydroxylation is 1. The van der Waals surface area contributed by atoms with Crippen LogP contribution in [-0.2, 0) is 4.79 Å². The first-order valence-electron chi connectivity index (χ1n) is 8.01. The number of hydrogen-bond donors (Lipinski definition) is 2. The van der Waals surface area contributed by atoms with E-state index in [0.717, 1.165) is 12.0 Å². The molecule has 1 aliphatic rings. The van der Waals surface area contributed by atoms with Gasteiger partial charge < -0.3 is 15.4 Å². The first-order chi connectivity index (χ1) is 11.6. The maximum Gasteiger partial charge on any atom is 0.262 e. The van der Waals surface area contributed by atoms with Crippen LogP contribution in [0.25, 0.3) is 0 Å². The minimum Gasteiger partial charge on any atom is -0.482 e. The molecule has 2 N–H and O–H groups in total. The minimum atomic E-state index is -0.190. The third-order valence-electron chi connectivity index (χ3n) is 4.07. The zero-order valence-electron chi connectivity index (χ0n) is 13.8. The van der Waals surface area contributed by atoms with Crippen molar-refractivity contribution in [3.05, 3.63) is 59.2 Å². The summed E-state index contributed by atoms with van der Waals surface area (Å²) in [5, 5.41) is 5.77. The number of carbonyl (C=O) groups excluding carboxylic acids is 2. The second-order valence-electron chi connectivity index (χ2n) is 5.89. The second kappa shape index (κ2) is 6.74. The lowest BCUT2D eigenvalue weighted by atomic mass is 10.0. The monoisotopic (exact) mass is 324 g/mol. The Labute approximate surface area is 141 Å². The van der Waals surface area contributed by atoms with E-state index in [4.69, 9.17) is 4.74 Å². The van der Waals surface area contributed by atoms with Gasteiger partial charge in [0.2, 0.25) is 0 Å². The van der Waals surface area contributed by atoms with Crippen molar-refractivity contribution in [3.63, 3.8) is 0 Å². The van der Waals surface area contributed by atoms with E-state index >= 15 is 0 Å². The SMILES string of the molecule is CC[C@H](NC(=O)c1ccc2c(c1)OCC(=O)N2)c1ccc(C)cc1. The largest absolute Gasteiger partial charge is 0.482 e. The molecule has 3 rings (SSSR count). The van der Waals surface area contributed by atoms with Crippen LogP contribution in [-0.4, -0.2) is 18.4 Å². The molecular weight excluding hydrogens is 304 g/mol. The normalized spacial score (nSPS) is 14.2. The quantitative estimate of drug-likeness (QED) is 0.907. The molecule has 0 aromatic heterocycles. The molecule has 24 heavy (non-hydrogen) atoms. The molecule has 0 radical (unpaired) electrons. The van der Waals surface area contributed by atoms with E-state index in [1.807, 2.05) is 38.1 Å². The van der Waals surface area contributed by atoms with Crippen LogP contribution < -0.4 is 15.4 Å². The van der Waals surface area contributed by atoms with Crippen molar-refractivity contribution < 1.29 is 14.3 Å². The number of nitrogens with one attached hydrogen (secondary N) is 2. The third kappa shape index (κ3) is 3.40. The molecule has 0 saturated carbocycles. The van der Waals surface area contributed by atoms with Crippen LogP contribution in [0.5, 0.6) is 5.75 Å². The number of ether oxygens (including phenoxy) is 1. The van der Waals surface area contributed by atoms with Crippen molar-refractivity contribution in [1.82, 2.24) is 5.32 Å². The molecule has 0 spiro atoms. The molecule has 2 aromatic carbocycles. The fourth-order valence-electron chi connectivity index (χ4n) is 2.68. The molecule has 5 nitrogen and oxygen atoms in total. The van der Waals surface area contributed by atoms with E-state index in [2.05, 4.69) is 10.6 Å². The van der Waals surface area contributed by atoms with Gasteiger partial charge >= 0.3 is 0 Å². The number of anilines is 1. The zero-order valence-corrected chi connectivity index (χ0v) is 13.8. The number of amides is 2. The predicted molar refractivity (Wildman–Crippen MR) is 92.2 cm³/mol. The van der Waals surface area contributed by atoms with Crippen LogP contribution in [0.3, 0.4) is 0 Å². The summed E-state index contributed by atoms with van der Waals surface area (Å²) in [6.45, 7) is 4.05. The number of benzene rings is 2. The molecule has 0 fully saturated rings. The molecule has 0 saturated heterocycles. The highest BCUT2D eigenvalue weighted by molar-refractivity contribution is 5.99. The molecule has 0 unspecified atom stereocenters. The van der Waals surface area contributed by atoms with Crippen LogP contribution >= 0.6 is 0 Å². The summed E-state index contributed by atoms with van der Waals surface area (Å²) in [5.41, 5.74) is 3.37. The maximum absolute atomic E-state index is 12.6. The van der Waals surface area contributed by atoms with Gasteiger partial charge in [0.1, 0.15) is 5.75 Å². The summed E-state index contributed by atoms with van der Waals surface area (Å²) < 4.78 is 5.36. The van der Waals surface area contributed by atoms with Crippen LogP contribution in [0.4, 0.5) is 5.69 Å². The Balaban J connectivity index is 1.76. The summed E-state index contributed by atoms with van der Waals surface area (Å²) >= 11 is 0. The van der Waals surface area contributed by atoms with Crippen molar-refractivity contribution >= 4 is 17.5 Å². The van der Waals surface area contributed by atoms with Crippen LogP contribution in [0, 0.1) is 6.92 Å². The third-order valence-corrected chi connectivity index (χ3v) is 4.07. The lowest BCUT2D eigenvalue weighted by Crippen LogP contribution is -2.29. The molecule has 124 valence electrons. The lowest BCUT2D eigenvalue weighted by molar-refractivity contribution is -0.118. The first kappa shape index (κ1) is 16.1. The Kier molecular flexibility index (Phi) is 4.51. The first-order valence-corrected chi connectivity index (χ1v) is 8.01. The molecular formula is C19H20N2O3. The van der Waals surface area contributed by atoms with Gasteiger partial charge in [-0.2, -0.15) is 0 Å². The van der Waals surface area contributed by atoms with E-state index < -0.39 is 0 Å². The van der Waals surface area contributed by atoms with Crippen molar-refractivity contribution in [2.45, 2.75) is 26.3 Å². The minimum absolute atomic E-state index is 0.0287. The van der Waals surface area contributed by atoms with E-state index in [0.29, 0.717) is 17.0 Å². The number of carbonyl (C=O) groups is 2. The van der Waals surface area contributed by atoms with Crippen LogP contribution in [0.15, 0.2) is 42.5 Å². The average molecular weight is 324 g/mol. The van der Waals surface area contributed by atoms with Gasteiger partial charge in [-0.15, -0.1) is 0 Å². The van der Waals surface area contributed by atoms with E-state index in [9.17, 15) is 9.59 Å². The van der Waals surface area contributed by atoms with Crippen LogP contribution in [0.1, 0.15) is 40.9 Å². The van der Waals surface area contributed by atoms with Crippen molar-refractivity contribution in [1.29, 1.82) is 0 Å². The van der Waals surface area contributed by atoms with Crippen molar-refractivity contribution in [2.75, 3.05) is 11.9 Å². The predicted octanol–water partition coefficient (Wildman–Crippen LogP) is 3.21. The lowest BCUT2D eigenvalue weighted by Gasteiger charge is -2.20. The van der Waals surface area contributed by atoms with E-state index in [1.165, 1.54) is 5.56 Å². The van der Waals surface area contributed by atoms with Crippen LogP contribution in [0.2, 0.25) is 0 Å². The number of hydrogen-bond acceptors (Lipinski definition) is 3. The van der Waals surface area contributed by atoms with Crippen molar-refractivity contribution in [2.24, 2.45) is 0 Å². The molecule has 0 bridgehead atoms. The van der Waals surface area contributed by atoms with Gasteiger partial charge in [-0.05, 0) is 37.1 Å². The Morgan fingerprint density at radius 1 is 1.25 bits per heavy atom. The summed E-state index contributed by atoms with van der Waals surface area (Å²) in [6.07, 6.45) is 0.798. The van der Waals surface area contributed by atoms with E-state index in [-0.39, 0.29) is 24.5 Å². The summed E-state index contributed by atoms with van der Waals surface area (Å²) in [5.74, 6) is 0.168. The fourth-order valence-corrected chi connectivity index (χ4v) is 2.68. The standard InChI is InChI=1S/C19H20N2O3/c1-3-15(13-6-4-12(2)5-7-13)21-19(23)14-8-9-16-17(10-14)24-11-18(22)20-16/h4-10,15H,3,11H2,1-2H3,(H,20,22)(H,21,23)/t15-/m0/s1. The van der Waals surface area contributed by atoms with Crippen molar-refractivity contribution in [3.8, 4) is 5.75 Å². The van der Waals surface area contributed by atoms with Gasteiger partial charge in [0.25, 0.3) is 11.8 Å². The Morgan fingerprint density at radius 2 is 2.00 bits per heavy atom. The fraction of sp³-hybridized carbons (Fsp3) is 0.263. The smallest absolute Gasteiger partial charge is 0.262 e. The molecule has 1 heterocycles. The Bertz CT molecular complexity index is 769. The summed E-state index contributed by atoms with van der Waals surface area (Å²) in [7, 11) is 0. The number of fused-ring (bicyclic) bond motifs is 1. The molecule has 5 heteroatoms. The zero-order chi connectivity index (χ0) is 17.1. The number of rotatable bonds is 4. The van der Waals surface area contributed by atoms with Gasteiger partial charge in [-0.25, -0.2) is 0 Å². The van der Waals surface area contributed by atoms with Gasteiger partial charge in [-0.3, -0.25) is 9.59 Å². The Morgan fingerprint density at radius 3 is 2.71 bits per heavy atom. The molecule has 0 aliphatic carbocycles. The molecule has 1 aliphatic heterocycles. The molecule has 2 amide bonds. The molecule has 2 aromatic rings. The summed E-state index contributed by atoms with van der Waals surface area (Å²) in [6, 6.07) is 13.1. The van der Waals surface area contributed by atoms with Gasteiger partial charge in [-0.1, -0.05) is 36.8 Å². The Hall–Kier alpha value is -2.82. The highest BCUT2D eigenvalue weighted by Gasteiger charge is 2.19. The molecule has 1 atom stereocenters. The second-order valence-corrected chi connectivity index (χ2v) is 5.89. The average Bonchev–Trinajstić information content (AvgIpc) is 2.60. The van der Waals surface area contributed by atoms with Gasteiger partial charge in [0, 0.05) is 5.56 Å². The highest BCUT2D eigenvalue weighted by atomic mass is 16.5. The van der Waals surface area contributed by atoms with E-state index in [1.54, 1.807) is 18.2 Å². The summed E-state index contributed by atoms with van der Waals surface area (Å²) in [4.78, 5) is 23.8. The topological polar surface area (TPSA) is 67.4 Å².